The smallest absolute Gasteiger partial charge is 0.130 e. The number of nitrogens with one attached hydrogen (secondary N) is 1. The van der Waals surface area contributed by atoms with Crippen molar-refractivity contribution in [2.45, 2.75) is 13.0 Å². The zero-order chi connectivity index (χ0) is 13.9. The van der Waals surface area contributed by atoms with Gasteiger partial charge in [-0.15, -0.1) is 0 Å². The van der Waals surface area contributed by atoms with E-state index in [0.717, 1.165) is 32.0 Å². The minimum atomic E-state index is 0.247. The Morgan fingerprint density at radius 2 is 2.05 bits per heavy atom. The second kappa shape index (κ2) is 5.77. The second-order valence-corrected chi connectivity index (χ2v) is 5.50. The third-order valence-corrected chi connectivity index (χ3v) is 3.98. The lowest BCUT2D eigenvalue weighted by Crippen LogP contribution is -2.46. The van der Waals surface area contributed by atoms with Crippen LogP contribution >= 0.6 is 0 Å². The van der Waals surface area contributed by atoms with Crippen LogP contribution in [-0.2, 0) is 7.05 Å². The van der Waals surface area contributed by atoms with E-state index in [1.165, 1.54) is 11.1 Å². The molecule has 1 aromatic heterocycles. The summed E-state index contributed by atoms with van der Waals surface area (Å²) in [7, 11) is 2.08. The maximum Gasteiger partial charge on any atom is 0.130 e. The predicted molar refractivity (Wildman–Crippen MR) is 80.7 cm³/mol. The Bertz CT molecular complexity index is 569. The number of nitrogens with zero attached hydrogens (tertiary/aromatic N) is 3. The molecule has 1 aliphatic heterocycles. The average Bonchev–Trinajstić information content (AvgIpc) is 2.87. The van der Waals surface area contributed by atoms with Crippen LogP contribution in [0.5, 0.6) is 0 Å². The molecule has 1 fully saturated rings. The highest BCUT2D eigenvalue weighted by Gasteiger charge is 2.26. The minimum absolute atomic E-state index is 0.247. The van der Waals surface area contributed by atoms with Crippen molar-refractivity contribution in [3.05, 3.63) is 53.6 Å². The average molecular weight is 270 g/mol. The monoisotopic (exact) mass is 270 g/mol. The van der Waals surface area contributed by atoms with Crippen LogP contribution in [0.3, 0.4) is 0 Å². The summed E-state index contributed by atoms with van der Waals surface area (Å²) in [5, 5.41) is 3.42. The fraction of sp³-hybridized carbons (Fsp3) is 0.438. The lowest BCUT2D eigenvalue weighted by Gasteiger charge is -2.35. The van der Waals surface area contributed by atoms with Gasteiger partial charge in [-0.05, 0) is 12.5 Å². The van der Waals surface area contributed by atoms with E-state index in [9.17, 15) is 0 Å². The lowest BCUT2D eigenvalue weighted by molar-refractivity contribution is 0.190. The molecule has 0 saturated carbocycles. The molecule has 1 saturated heterocycles. The van der Waals surface area contributed by atoms with Gasteiger partial charge in [0.15, 0.2) is 0 Å². The molecule has 20 heavy (non-hydrogen) atoms. The third kappa shape index (κ3) is 2.62. The van der Waals surface area contributed by atoms with Crippen LogP contribution in [0.2, 0.25) is 0 Å². The minimum Gasteiger partial charge on any atom is -0.336 e. The van der Waals surface area contributed by atoms with Crippen LogP contribution in [0.4, 0.5) is 0 Å². The quantitative estimate of drug-likeness (QED) is 0.922. The van der Waals surface area contributed by atoms with E-state index >= 15 is 0 Å². The molecule has 2 heterocycles. The summed E-state index contributed by atoms with van der Waals surface area (Å²) in [6.07, 6.45) is 3.92. The van der Waals surface area contributed by atoms with Gasteiger partial charge in [-0.3, -0.25) is 4.90 Å². The number of hydrogen-bond acceptors (Lipinski definition) is 3. The number of aryl methyl sites for hydroxylation is 2. The van der Waals surface area contributed by atoms with Gasteiger partial charge in [0.1, 0.15) is 5.82 Å². The maximum atomic E-state index is 4.60. The summed E-state index contributed by atoms with van der Waals surface area (Å²) in [5.41, 5.74) is 2.64. The fourth-order valence-corrected chi connectivity index (χ4v) is 2.94. The first kappa shape index (κ1) is 13.3. The summed E-state index contributed by atoms with van der Waals surface area (Å²) < 4.78 is 2.13. The third-order valence-electron chi connectivity index (χ3n) is 3.98. The standard InChI is InChI=1S/C16H22N4/c1-13-4-3-5-14(12-13)15(16-18-8-9-19(16)2)20-10-6-17-7-11-20/h3-5,8-9,12,15,17H,6-7,10-11H2,1-2H3. The van der Waals surface area contributed by atoms with Crippen molar-refractivity contribution in [1.82, 2.24) is 19.8 Å². The van der Waals surface area contributed by atoms with Gasteiger partial charge in [-0.25, -0.2) is 4.98 Å². The molecule has 0 radical (unpaired) electrons. The van der Waals surface area contributed by atoms with Gasteiger partial charge in [0.25, 0.3) is 0 Å². The Kier molecular flexibility index (Phi) is 3.85. The Labute approximate surface area is 120 Å². The number of imidazole rings is 1. The topological polar surface area (TPSA) is 33.1 Å². The molecule has 2 aromatic rings. The molecule has 0 amide bonds. The molecule has 0 spiro atoms. The molecule has 0 bridgehead atoms. The summed E-state index contributed by atoms with van der Waals surface area (Å²) in [4.78, 5) is 7.12. The van der Waals surface area contributed by atoms with Crippen LogP contribution in [0.1, 0.15) is 23.0 Å². The van der Waals surface area contributed by atoms with Crippen LogP contribution < -0.4 is 5.32 Å². The van der Waals surface area contributed by atoms with Crippen molar-refractivity contribution < 1.29 is 0 Å². The molecule has 1 unspecified atom stereocenters. The summed E-state index contributed by atoms with van der Waals surface area (Å²) in [5.74, 6) is 1.12. The molecule has 0 aliphatic carbocycles. The van der Waals surface area contributed by atoms with Gasteiger partial charge in [-0.2, -0.15) is 0 Å². The molecule has 4 nitrogen and oxygen atoms in total. The van der Waals surface area contributed by atoms with Crippen LogP contribution in [0.15, 0.2) is 36.7 Å². The first-order chi connectivity index (χ1) is 9.75. The summed E-state index contributed by atoms with van der Waals surface area (Å²) >= 11 is 0. The highest BCUT2D eigenvalue weighted by atomic mass is 15.2. The molecular formula is C16H22N4. The molecule has 1 aromatic carbocycles. The Balaban J connectivity index is 2.01. The molecule has 1 N–H and O–H groups in total. The SMILES string of the molecule is Cc1cccc(C(c2nccn2C)N2CCNCC2)c1. The van der Waals surface area contributed by atoms with Gasteiger partial charge >= 0.3 is 0 Å². The van der Waals surface area contributed by atoms with Gasteiger partial charge in [0, 0.05) is 45.6 Å². The predicted octanol–water partition coefficient (Wildman–Crippen LogP) is 1.72. The van der Waals surface area contributed by atoms with Crippen molar-refractivity contribution >= 4 is 0 Å². The first-order valence-electron chi connectivity index (χ1n) is 7.24. The van der Waals surface area contributed by atoms with E-state index in [1.807, 2.05) is 12.4 Å². The lowest BCUT2D eigenvalue weighted by atomic mass is 10.0. The van der Waals surface area contributed by atoms with Crippen molar-refractivity contribution in [1.29, 1.82) is 0 Å². The van der Waals surface area contributed by atoms with E-state index in [2.05, 4.69) is 58.0 Å². The maximum absolute atomic E-state index is 4.60. The molecule has 1 atom stereocenters. The van der Waals surface area contributed by atoms with Crippen molar-refractivity contribution in [3.63, 3.8) is 0 Å². The van der Waals surface area contributed by atoms with Crippen molar-refractivity contribution in [2.24, 2.45) is 7.05 Å². The normalized spacial score (nSPS) is 18.1. The number of hydrogen-bond donors (Lipinski definition) is 1. The van der Waals surface area contributed by atoms with E-state index in [0.29, 0.717) is 0 Å². The van der Waals surface area contributed by atoms with Crippen LogP contribution in [0.25, 0.3) is 0 Å². The van der Waals surface area contributed by atoms with Crippen molar-refractivity contribution in [3.8, 4) is 0 Å². The van der Waals surface area contributed by atoms with Gasteiger partial charge in [0.2, 0.25) is 0 Å². The van der Waals surface area contributed by atoms with Gasteiger partial charge < -0.3 is 9.88 Å². The zero-order valence-corrected chi connectivity index (χ0v) is 12.2. The second-order valence-electron chi connectivity index (χ2n) is 5.50. The van der Waals surface area contributed by atoms with E-state index < -0.39 is 0 Å². The molecule has 1 aliphatic rings. The molecular weight excluding hydrogens is 248 g/mol. The number of piperazine rings is 1. The largest absolute Gasteiger partial charge is 0.336 e. The van der Waals surface area contributed by atoms with E-state index in [4.69, 9.17) is 0 Å². The Hall–Kier alpha value is -1.65. The number of aromatic nitrogens is 2. The highest BCUT2D eigenvalue weighted by molar-refractivity contribution is 5.29. The van der Waals surface area contributed by atoms with Crippen molar-refractivity contribution in [2.75, 3.05) is 26.2 Å². The fourth-order valence-electron chi connectivity index (χ4n) is 2.94. The summed E-state index contributed by atoms with van der Waals surface area (Å²) in [6.45, 7) is 6.37. The zero-order valence-electron chi connectivity index (χ0n) is 12.2. The van der Waals surface area contributed by atoms with Crippen LogP contribution in [-0.4, -0.2) is 40.6 Å². The Morgan fingerprint density at radius 3 is 2.70 bits per heavy atom. The molecule has 3 rings (SSSR count). The van der Waals surface area contributed by atoms with E-state index in [1.54, 1.807) is 0 Å². The van der Waals surface area contributed by atoms with Gasteiger partial charge in [-0.1, -0.05) is 29.8 Å². The summed E-state index contributed by atoms with van der Waals surface area (Å²) in [6, 6.07) is 9.03. The molecule has 4 heteroatoms. The number of benzene rings is 1. The number of rotatable bonds is 3. The first-order valence-corrected chi connectivity index (χ1v) is 7.24. The highest BCUT2D eigenvalue weighted by Crippen LogP contribution is 2.28. The van der Waals surface area contributed by atoms with E-state index in [-0.39, 0.29) is 6.04 Å². The van der Waals surface area contributed by atoms with Crippen LogP contribution in [0, 0.1) is 6.92 Å². The van der Waals surface area contributed by atoms with Gasteiger partial charge in [0.05, 0.1) is 6.04 Å². The molecule has 106 valence electrons. The Morgan fingerprint density at radius 1 is 1.25 bits per heavy atom.